The highest BCUT2D eigenvalue weighted by molar-refractivity contribution is 7.92. The molecule has 0 aliphatic carbocycles. The zero-order valence-electron chi connectivity index (χ0n) is 18.4. The van der Waals surface area contributed by atoms with E-state index in [1.807, 2.05) is 31.2 Å². The zero-order chi connectivity index (χ0) is 24.0. The van der Waals surface area contributed by atoms with Gasteiger partial charge in [-0.2, -0.15) is 0 Å². The van der Waals surface area contributed by atoms with Crippen LogP contribution in [0.4, 0.5) is 11.4 Å². The van der Waals surface area contributed by atoms with Crippen molar-refractivity contribution in [2.24, 2.45) is 0 Å². The van der Waals surface area contributed by atoms with Gasteiger partial charge in [-0.25, -0.2) is 8.42 Å². The monoisotopic (exact) mass is 473 g/mol. The lowest BCUT2D eigenvalue weighted by molar-refractivity contribution is 0.102. The summed E-state index contributed by atoms with van der Waals surface area (Å²) >= 11 is 0. The minimum atomic E-state index is -3.86. The first-order chi connectivity index (χ1) is 16.4. The van der Waals surface area contributed by atoms with Crippen molar-refractivity contribution < 1.29 is 17.9 Å². The standard InChI is InChI=1S/C26H23N3O4S/c1-19-7-4-11-22(15-19)29-34(31,32)25-13-5-8-20(16-25)26(30)28-21-10-6-12-24(17-21)33-18-23-9-2-3-14-27-23/h2-17,29H,18H2,1H3,(H,28,30). The number of sulfonamides is 1. The molecule has 0 saturated carbocycles. The second-order valence-electron chi connectivity index (χ2n) is 7.59. The number of pyridine rings is 1. The molecule has 0 saturated heterocycles. The lowest BCUT2D eigenvalue weighted by Gasteiger charge is -2.11. The lowest BCUT2D eigenvalue weighted by atomic mass is 10.2. The van der Waals surface area contributed by atoms with Crippen LogP contribution in [0.5, 0.6) is 5.75 Å². The fraction of sp³-hybridized carbons (Fsp3) is 0.0769. The maximum absolute atomic E-state index is 12.8. The van der Waals surface area contributed by atoms with Crippen LogP contribution < -0.4 is 14.8 Å². The number of rotatable bonds is 8. The predicted octanol–water partition coefficient (Wildman–Crippen LogP) is 5.02. The maximum Gasteiger partial charge on any atom is 0.261 e. The van der Waals surface area contributed by atoms with Crippen molar-refractivity contribution >= 4 is 27.3 Å². The van der Waals surface area contributed by atoms with Crippen molar-refractivity contribution in [3.63, 3.8) is 0 Å². The Labute approximate surface area is 198 Å². The fourth-order valence-electron chi connectivity index (χ4n) is 3.23. The van der Waals surface area contributed by atoms with Gasteiger partial charge in [0.2, 0.25) is 0 Å². The number of nitrogens with one attached hydrogen (secondary N) is 2. The molecule has 34 heavy (non-hydrogen) atoms. The molecule has 2 N–H and O–H groups in total. The number of hydrogen-bond acceptors (Lipinski definition) is 5. The van der Waals surface area contributed by atoms with Crippen LogP contribution in [0.2, 0.25) is 0 Å². The predicted molar refractivity (Wildman–Crippen MR) is 131 cm³/mol. The minimum absolute atomic E-state index is 0.00546. The molecule has 1 heterocycles. The third kappa shape index (κ3) is 5.99. The Morgan fingerprint density at radius 1 is 0.882 bits per heavy atom. The van der Waals surface area contributed by atoms with Crippen molar-refractivity contribution in [2.45, 2.75) is 18.4 Å². The smallest absolute Gasteiger partial charge is 0.261 e. The number of anilines is 2. The van der Waals surface area contributed by atoms with E-state index in [2.05, 4.69) is 15.0 Å². The highest BCUT2D eigenvalue weighted by Gasteiger charge is 2.17. The Morgan fingerprint density at radius 3 is 2.47 bits per heavy atom. The van der Waals surface area contributed by atoms with Crippen molar-refractivity contribution in [1.82, 2.24) is 4.98 Å². The second-order valence-corrected chi connectivity index (χ2v) is 9.28. The van der Waals surface area contributed by atoms with Crippen LogP contribution >= 0.6 is 0 Å². The van der Waals surface area contributed by atoms with Gasteiger partial charge in [-0.1, -0.05) is 30.3 Å². The first-order valence-corrected chi connectivity index (χ1v) is 12.0. The molecule has 0 bridgehead atoms. The molecule has 0 aliphatic rings. The lowest BCUT2D eigenvalue weighted by Crippen LogP contribution is -2.16. The molecule has 172 valence electrons. The quantitative estimate of drug-likeness (QED) is 0.374. The van der Waals surface area contributed by atoms with Crippen LogP contribution in [0.3, 0.4) is 0 Å². The minimum Gasteiger partial charge on any atom is -0.487 e. The molecule has 3 aromatic carbocycles. The molecule has 7 nitrogen and oxygen atoms in total. The van der Waals surface area contributed by atoms with Crippen molar-refractivity contribution in [2.75, 3.05) is 10.0 Å². The second kappa shape index (κ2) is 10.2. The van der Waals surface area contributed by atoms with E-state index in [0.717, 1.165) is 11.3 Å². The van der Waals surface area contributed by atoms with Gasteiger partial charge >= 0.3 is 0 Å². The first kappa shape index (κ1) is 23.0. The van der Waals surface area contributed by atoms with Crippen LogP contribution in [-0.4, -0.2) is 19.3 Å². The highest BCUT2D eigenvalue weighted by Crippen LogP contribution is 2.21. The molecule has 0 radical (unpaired) electrons. The summed E-state index contributed by atoms with van der Waals surface area (Å²) in [7, 11) is -3.86. The summed E-state index contributed by atoms with van der Waals surface area (Å²) in [6.45, 7) is 2.17. The van der Waals surface area contributed by atoms with Crippen LogP contribution in [0.15, 0.2) is 102 Å². The van der Waals surface area contributed by atoms with Gasteiger partial charge in [0.15, 0.2) is 0 Å². The molecule has 0 aliphatic heterocycles. The molecule has 4 rings (SSSR count). The molecule has 1 aromatic heterocycles. The molecule has 4 aromatic rings. The van der Waals surface area contributed by atoms with Gasteiger partial charge in [-0.05, 0) is 67.1 Å². The summed E-state index contributed by atoms with van der Waals surface area (Å²) in [6.07, 6.45) is 1.69. The molecule has 0 atom stereocenters. The Balaban J connectivity index is 1.45. The summed E-state index contributed by atoms with van der Waals surface area (Å²) in [5.74, 6) is 0.136. The number of ether oxygens (including phenoxy) is 1. The Hall–Kier alpha value is -4.17. The number of carbonyl (C=O) groups is 1. The molecule has 0 unspecified atom stereocenters. The van der Waals surface area contributed by atoms with Crippen molar-refractivity contribution in [3.8, 4) is 5.75 Å². The van der Waals surface area contributed by atoms with Gasteiger partial charge in [0, 0.05) is 29.2 Å². The summed E-state index contributed by atoms with van der Waals surface area (Å²) in [5, 5.41) is 2.78. The number of aromatic nitrogens is 1. The van der Waals surface area contributed by atoms with E-state index < -0.39 is 15.9 Å². The van der Waals surface area contributed by atoms with Gasteiger partial charge in [-0.15, -0.1) is 0 Å². The topological polar surface area (TPSA) is 97.4 Å². The Kier molecular flexibility index (Phi) is 6.89. The average molecular weight is 474 g/mol. The maximum atomic E-state index is 12.8. The van der Waals surface area contributed by atoms with Gasteiger partial charge in [0.05, 0.1) is 10.6 Å². The van der Waals surface area contributed by atoms with Crippen LogP contribution in [0.1, 0.15) is 21.6 Å². The van der Waals surface area contributed by atoms with Gasteiger partial charge < -0.3 is 10.1 Å². The number of hydrogen-bond donors (Lipinski definition) is 2. The van der Waals surface area contributed by atoms with E-state index in [4.69, 9.17) is 4.74 Å². The van der Waals surface area contributed by atoms with Crippen molar-refractivity contribution in [1.29, 1.82) is 0 Å². The molecule has 8 heteroatoms. The Morgan fingerprint density at radius 2 is 1.68 bits per heavy atom. The van der Waals surface area contributed by atoms with Crippen LogP contribution in [0.25, 0.3) is 0 Å². The van der Waals surface area contributed by atoms with Crippen LogP contribution in [-0.2, 0) is 16.6 Å². The number of carbonyl (C=O) groups excluding carboxylic acids is 1. The summed E-state index contributed by atoms with van der Waals surface area (Å²) in [5.41, 5.74) is 2.91. The third-order valence-electron chi connectivity index (χ3n) is 4.88. The van der Waals surface area contributed by atoms with E-state index in [1.165, 1.54) is 18.2 Å². The van der Waals surface area contributed by atoms with Crippen LogP contribution in [0, 0.1) is 6.92 Å². The van der Waals surface area contributed by atoms with Gasteiger partial charge in [0.1, 0.15) is 12.4 Å². The van der Waals surface area contributed by atoms with E-state index in [-0.39, 0.29) is 10.5 Å². The molecule has 1 amide bonds. The largest absolute Gasteiger partial charge is 0.487 e. The zero-order valence-corrected chi connectivity index (χ0v) is 19.2. The summed E-state index contributed by atoms with van der Waals surface area (Å²) in [4.78, 5) is 17.0. The molecular formula is C26H23N3O4S. The average Bonchev–Trinajstić information content (AvgIpc) is 2.83. The number of benzene rings is 3. The number of amides is 1. The summed E-state index contributed by atoms with van der Waals surface area (Å²) < 4.78 is 33.9. The first-order valence-electron chi connectivity index (χ1n) is 10.5. The van der Waals surface area contributed by atoms with Gasteiger partial charge in [0.25, 0.3) is 15.9 Å². The molecule has 0 fully saturated rings. The van der Waals surface area contributed by atoms with E-state index in [9.17, 15) is 13.2 Å². The highest BCUT2D eigenvalue weighted by atomic mass is 32.2. The number of aryl methyl sites for hydroxylation is 1. The Bertz CT molecular complexity index is 1410. The fourth-order valence-corrected chi connectivity index (χ4v) is 4.33. The van der Waals surface area contributed by atoms with E-state index in [0.29, 0.717) is 23.7 Å². The SMILES string of the molecule is Cc1cccc(NS(=O)(=O)c2cccc(C(=O)Nc3cccc(OCc4ccccn4)c3)c2)c1. The van der Waals surface area contributed by atoms with E-state index >= 15 is 0 Å². The summed E-state index contributed by atoms with van der Waals surface area (Å²) in [6, 6.07) is 25.5. The normalized spacial score (nSPS) is 11.0. The van der Waals surface area contributed by atoms with E-state index in [1.54, 1.807) is 54.7 Å². The number of nitrogens with zero attached hydrogens (tertiary/aromatic N) is 1. The third-order valence-corrected chi connectivity index (χ3v) is 6.26. The van der Waals surface area contributed by atoms with Gasteiger partial charge in [-0.3, -0.25) is 14.5 Å². The molecular weight excluding hydrogens is 450 g/mol. The molecule has 0 spiro atoms. The van der Waals surface area contributed by atoms with Crippen molar-refractivity contribution in [3.05, 3.63) is 114 Å².